The quantitative estimate of drug-likeness (QED) is 0.648. The summed E-state index contributed by atoms with van der Waals surface area (Å²) >= 11 is 0. The topological polar surface area (TPSA) is 13.1 Å². The SMILES string of the molecule is CC1=CC=CC(c2ccc(C)o2)=CC1. The molecule has 0 radical (unpaired) electrons. The summed E-state index contributed by atoms with van der Waals surface area (Å²) in [6.07, 6.45) is 9.51. The monoisotopic (exact) mass is 186 g/mol. The van der Waals surface area contributed by atoms with Crippen LogP contribution in [0, 0.1) is 6.92 Å². The highest BCUT2D eigenvalue weighted by Crippen LogP contribution is 2.22. The van der Waals surface area contributed by atoms with Gasteiger partial charge < -0.3 is 4.42 Å². The second kappa shape index (κ2) is 3.70. The van der Waals surface area contributed by atoms with Crippen molar-refractivity contribution < 1.29 is 4.42 Å². The first-order valence-corrected chi connectivity index (χ1v) is 4.86. The second-order valence-corrected chi connectivity index (χ2v) is 3.65. The normalized spacial score (nSPS) is 16.1. The van der Waals surface area contributed by atoms with E-state index >= 15 is 0 Å². The predicted molar refractivity (Wildman–Crippen MR) is 58.9 cm³/mol. The van der Waals surface area contributed by atoms with Crippen molar-refractivity contribution in [1.29, 1.82) is 0 Å². The summed E-state index contributed by atoms with van der Waals surface area (Å²) in [7, 11) is 0. The van der Waals surface area contributed by atoms with E-state index in [-0.39, 0.29) is 0 Å². The second-order valence-electron chi connectivity index (χ2n) is 3.65. The Morgan fingerprint density at radius 2 is 2.07 bits per heavy atom. The maximum absolute atomic E-state index is 5.57. The summed E-state index contributed by atoms with van der Waals surface area (Å²) in [6, 6.07) is 4.02. The Labute approximate surface area is 84.4 Å². The van der Waals surface area contributed by atoms with Crippen molar-refractivity contribution in [3.05, 3.63) is 53.5 Å². The molecule has 2 rings (SSSR count). The lowest BCUT2D eigenvalue weighted by Crippen LogP contribution is -1.75. The molecule has 0 bridgehead atoms. The summed E-state index contributed by atoms with van der Waals surface area (Å²) in [5.74, 6) is 1.92. The zero-order chi connectivity index (χ0) is 9.97. The van der Waals surface area contributed by atoms with E-state index in [9.17, 15) is 0 Å². The van der Waals surface area contributed by atoms with E-state index in [0.717, 1.165) is 17.9 Å². The van der Waals surface area contributed by atoms with E-state index in [4.69, 9.17) is 4.42 Å². The van der Waals surface area contributed by atoms with E-state index in [1.54, 1.807) is 0 Å². The van der Waals surface area contributed by atoms with Gasteiger partial charge in [-0.05, 0) is 32.4 Å². The lowest BCUT2D eigenvalue weighted by Gasteiger charge is -1.96. The molecule has 1 heteroatoms. The molecule has 0 atom stereocenters. The molecule has 1 heterocycles. The van der Waals surface area contributed by atoms with E-state index in [2.05, 4.69) is 31.2 Å². The van der Waals surface area contributed by atoms with E-state index < -0.39 is 0 Å². The Hall–Kier alpha value is -1.50. The number of furan rings is 1. The lowest BCUT2D eigenvalue weighted by molar-refractivity contribution is 0.522. The molecule has 1 nitrogen and oxygen atoms in total. The fraction of sp³-hybridized carbons (Fsp3) is 0.231. The molecule has 0 amide bonds. The Kier molecular flexibility index (Phi) is 2.40. The van der Waals surface area contributed by atoms with Crippen molar-refractivity contribution in [2.45, 2.75) is 20.3 Å². The average molecular weight is 186 g/mol. The van der Waals surface area contributed by atoms with Crippen LogP contribution in [0.5, 0.6) is 0 Å². The van der Waals surface area contributed by atoms with Crippen molar-refractivity contribution in [1.82, 2.24) is 0 Å². The molecular formula is C13H14O. The van der Waals surface area contributed by atoms with Gasteiger partial charge in [-0.3, -0.25) is 0 Å². The molecule has 1 aromatic rings. The molecule has 1 aliphatic carbocycles. The molecule has 72 valence electrons. The van der Waals surface area contributed by atoms with Crippen LogP contribution >= 0.6 is 0 Å². The number of hydrogen-bond acceptors (Lipinski definition) is 1. The first kappa shape index (κ1) is 9.07. The van der Waals surface area contributed by atoms with Crippen molar-refractivity contribution in [2.24, 2.45) is 0 Å². The highest BCUT2D eigenvalue weighted by Gasteiger charge is 2.03. The third-order valence-electron chi connectivity index (χ3n) is 2.33. The number of rotatable bonds is 1. The lowest BCUT2D eigenvalue weighted by atomic mass is 10.1. The van der Waals surface area contributed by atoms with Gasteiger partial charge in [0, 0.05) is 5.57 Å². The number of hydrogen-bond donors (Lipinski definition) is 0. The Balaban J connectivity index is 2.29. The molecule has 0 aromatic carbocycles. The highest BCUT2D eigenvalue weighted by molar-refractivity contribution is 5.72. The van der Waals surface area contributed by atoms with Crippen molar-refractivity contribution in [3.8, 4) is 0 Å². The molecular weight excluding hydrogens is 172 g/mol. The zero-order valence-electron chi connectivity index (χ0n) is 8.58. The molecule has 0 saturated carbocycles. The van der Waals surface area contributed by atoms with Crippen LogP contribution in [-0.4, -0.2) is 0 Å². The highest BCUT2D eigenvalue weighted by atomic mass is 16.3. The van der Waals surface area contributed by atoms with E-state index in [1.807, 2.05) is 19.1 Å². The van der Waals surface area contributed by atoms with Crippen LogP contribution in [0.15, 0.2) is 46.4 Å². The molecule has 0 spiro atoms. The minimum Gasteiger partial charge on any atom is -0.461 e. The minimum absolute atomic E-state index is 0.960. The number of allylic oxidation sites excluding steroid dienone is 6. The van der Waals surface area contributed by atoms with Crippen LogP contribution in [0.2, 0.25) is 0 Å². The Morgan fingerprint density at radius 3 is 2.79 bits per heavy atom. The first-order valence-electron chi connectivity index (χ1n) is 4.86. The van der Waals surface area contributed by atoms with Gasteiger partial charge in [0.1, 0.15) is 11.5 Å². The van der Waals surface area contributed by atoms with Crippen LogP contribution < -0.4 is 0 Å². The van der Waals surface area contributed by atoms with Gasteiger partial charge in [-0.1, -0.05) is 29.9 Å². The predicted octanol–water partition coefficient (Wildman–Crippen LogP) is 3.88. The molecule has 0 aliphatic heterocycles. The molecule has 0 saturated heterocycles. The van der Waals surface area contributed by atoms with Crippen molar-refractivity contribution in [2.75, 3.05) is 0 Å². The maximum Gasteiger partial charge on any atom is 0.133 e. The van der Waals surface area contributed by atoms with Gasteiger partial charge in [0.15, 0.2) is 0 Å². The zero-order valence-corrected chi connectivity index (χ0v) is 8.58. The molecule has 0 N–H and O–H groups in total. The largest absolute Gasteiger partial charge is 0.461 e. The summed E-state index contributed by atoms with van der Waals surface area (Å²) in [6.45, 7) is 4.10. The smallest absolute Gasteiger partial charge is 0.133 e. The van der Waals surface area contributed by atoms with Gasteiger partial charge in [-0.2, -0.15) is 0 Å². The molecule has 1 aliphatic rings. The van der Waals surface area contributed by atoms with Crippen molar-refractivity contribution in [3.63, 3.8) is 0 Å². The standard InChI is InChI=1S/C13H14O/c1-10-4-3-5-12(8-6-10)13-9-7-11(2)14-13/h3-5,7-9H,6H2,1-2H3. The van der Waals surface area contributed by atoms with Crippen LogP contribution in [0.4, 0.5) is 0 Å². The molecule has 14 heavy (non-hydrogen) atoms. The fourth-order valence-corrected chi connectivity index (χ4v) is 1.50. The van der Waals surface area contributed by atoms with Crippen LogP contribution in [0.3, 0.4) is 0 Å². The van der Waals surface area contributed by atoms with E-state index in [1.165, 1.54) is 11.1 Å². The van der Waals surface area contributed by atoms with Gasteiger partial charge in [-0.25, -0.2) is 0 Å². The first-order chi connectivity index (χ1) is 6.75. The summed E-state index contributed by atoms with van der Waals surface area (Å²) < 4.78 is 5.57. The van der Waals surface area contributed by atoms with Gasteiger partial charge >= 0.3 is 0 Å². The van der Waals surface area contributed by atoms with Crippen LogP contribution in [-0.2, 0) is 0 Å². The van der Waals surface area contributed by atoms with Gasteiger partial charge in [0.25, 0.3) is 0 Å². The summed E-state index contributed by atoms with van der Waals surface area (Å²) in [4.78, 5) is 0. The average Bonchev–Trinajstić information content (AvgIpc) is 2.46. The van der Waals surface area contributed by atoms with E-state index in [0.29, 0.717) is 0 Å². The maximum atomic E-state index is 5.57. The van der Waals surface area contributed by atoms with Crippen molar-refractivity contribution >= 4 is 5.57 Å². The fourth-order valence-electron chi connectivity index (χ4n) is 1.50. The minimum atomic E-state index is 0.960. The van der Waals surface area contributed by atoms with Gasteiger partial charge in [0.2, 0.25) is 0 Å². The van der Waals surface area contributed by atoms with Crippen LogP contribution in [0.1, 0.15) is 24.9 Å². The molecule has 0 fully saturated rings. The molecule has 0 unspecified atom stereocenters. The molecule has 1 aromatic heterocycles. The van der Waals surface area contributed by atoms with Gasteiger partial charge in [0.05, 0.1) is 0 Å². The Morgan fingerprint density at radius 1 is 1.21 bits per heavy atom. The summed E-state index contributed by atoms with van der Waals surface area (Å²) in [5, 5.41) is 0. The third kappa shape index (κ3) is 1.87. The third-order valence-corrected chi connectivity index (χ3v) is 2.33. The summed E-state index contributed by atoms with van der Waals surface area (Å²) in [5.41, 5.74) is 2.55. The Bertz CT molecular complexity index is 416. The van der Waals surface area contributed by atoms with Crippen LogP contribution in [0.25, 0.3) is 5.57 Å². The number of aryl methyl sites for hydroxylation is 1. The van der Waals surface area contributed by atoms with Gasteiger partial charge in [-0.15, -0.1) is 0 Å².